The summed E-state index contributed by atoms with van der Waals surface area (Å²) < 4.78 is 28.2. The van der Waals surface area contributed by atoms with Crippen LogP contribution in [0.5, 0.6) is 5.75 Å². The molecule has 0 radical (unpaired) electrons. The SMILES string of the molecule is CCC(=O)c1cc(Cl)ccc1OC(F)F. The Morgan fingerprint density at radius 2 is 2.20 bits per heavy atom. The van der Waals surface area contributed by atoms with Crippen molar-refractivity contribution in [3.05, 3.63) is 28.8 Å². The molecule has 0 heterocycles. The number of hydrogen-bond donors (Lipinski definition) is 0. The highest BCUT2D eigenvalue weighted by Gasteiger charge is 2.14. The Labute approximate surface area is 90.8 Å². The van der Waals surface area contributed by atoms with Crippen LogP contribution in [0.15, 0.2) is 18.2 Å². The first-order valence-electron chi connectivity index (χ1n) is 4.32. The summed E-state index contributed by atoms with van der Waals surface area (Å²) in [5, 5.41) is 0.313. The summed E-state index contributed by atoms with van der Waals surface area (Å²) in [4.78, 5) is 11.4. The van der Waals surface area contributed by atoms with Gasteiger partial charge in [-0.15, -0.1) is 0 Å². The molecule has 15 heavy (non-hydrogen) atoms. The van der Waals surface area contributed by atoms with E-state index in [9.17, 15) is 13.6 Å². The van der Waals surface area contributed by atoms with E-state index in [1.807, 2.05) is 0 Å². The first kappa shape index (κ1) is 11.9. The summed E-state index contributed by atoms with van der Waals surface area (Å²) in [5.41, 5.74) is 0.0882. The Morgan fingerprint density at radius 3 is 2.73 bits per heavy atom. The summed E-state index contributed by atoms with van der Waals surface area (Å²) in [6.07, 6.45) is 0.208. The lowest BCUT2D eigenvalue weighted by Crippen LogP contribution is -2.07. The lowest BCUT2D eigenvalue weighted by molar-refractivity contribution is -0.0501. The topological polar surface area (TPSA) is 26.3 Å². The number of rotatable bonds is 4. The number of carbonyl (C=O) groups excluding carboxylic acids is 1. The lowest BCUT2D eigenvalue weighted by Gasteiger charge is -2.09. The van der Waals surface area contributed by atoms with E-state index in [4.69, 9.17) is 11.6 Å². The molecule has 0 atom stereocenters. The van der Waals surface area contributed by atoms with E-state index in [2.05, 4.69) is 4.74 Å². The number of Topliss-reactive ketones (excluding diaryl/α,β-unsaturated/α-hetero) is 1. The second-order valence-electron chi connectivity index (χ2n) is 2.80. The fourth-order valence-corrected chi connectivity index (χ4v) is 1.28. The number of benzene rings is 1. The van der Waals surface area contributed by atoms with E-state index < -0.39 is 6.61 Å². The van der Waals surface area contributed by atoms with Crippen LogP contribution in [-0.4, -0.2) is 12.4 Å². The van der Waals surface area contributed by atoms with Crippen molar-refractivity contribution >= 4 is 17.4 Å². The van der Waals surface area contributed by atoms with Crippen LogP contribution < -0.4 is 4.74 Å². The van der Waals surface area contributed by atoms with E-state index in [-0.39, 0.29) is 23.5 Å². The third-order valence-corrected chi connectivity index (χ3v) is 2.01. The van der Waals surface area contributed by atoms with Crippen LogP contribution >= 0.6 is 11.6 Å². The van der Waals surface area contributed by atoms with Crippen molar-refractivity contribution in [2.75, 3.05) is 0 Å². The van der Waals surface area contributed by atoms with Crippen LogP contribution in [0.3, 0.4) is 0 Å². The molecule has 1 rings (SSSR count). The third kappa shape index (κ3) is 3.16. The maximum absolute atomic E-state index is 12.0. The Morgan fingerprint density at radius 1 is 1.53 bits per heavy atom. The van der Waals surface area contributed by atoms with Crippen LogP contribution in [0, 0.1) is 0 Å². The van der Waals surface area contributed by atoms with Gasteiger partial charge >= 0.3 is 6.61 Å². The fraction of sp³-hybridized carbons (Fsp3) is 0.300. The molecule has 5 heteroatoms. The predicted octanol–water partition coefficient (Wildman–Crippen LogP) is 3.53. The molecular weight excluding hydrogens is 226 g/mol. The zero-order chi connectivity index (χ0) is 11.4. The van der Waals surface area contributed by atoms with Crippen molar-refractivity contribution in [1.29, 1.82) is 0 Å². The smallest absolute Gasteiger partial charge is 0.387 e. The third-order valence-electron chi connectivity index (χ3n) is 1.78. The Bertz CT molecular complexity index is 366. The molecule has 0 amide bonds. The highest BCUT2D eigenvalue weighted by Crippen LogP contribution is 2.25. The molecule has 82 valence electrons. The summed E-state index contributed by atoms with van der Waals surface area (Å²) >= 11 is 5.66. The zero-order valence-corrected chi connectivity index (χ0v) is 8.72. The lowest BCUT2D eigenvalue weighted by atomic mass is 10.1. The van der Waals surface area contributed by atoms with Crippen LogP contribution in [0.2, 0.25) is 5.02 Å². The van der Waals surface area contributed by atoms with Crippen molar-refractivity contribution < 1.29 is 18.3 Å². The first-order chi connectivity index (χ1) is 7.04. The number of ether oxygens (including phenoxy) is 1. The second kappa shape index (κ2) is 5.07. The molecule has 0 aliphatic heterocycles. The van der Waals surface area contributed by atoms with Gasteiger partial charge in [-0.05, 0) is 18.2 Å². The van der Waals surface area contributed by atoms with E-state index in [1.165, 1.54) is 18.2 Å². The van der Waals surface area contributed by atoms with E-state index in [0.717, 1.165) is 0 Å². The molecule has 1 aromatic rings. The summed E-state index contributed by atoms with van der Waals surface area (Å²) in [6.45, 7) is -1.32. The van der Waals surface area contributed by atoms with Crippen LogP contribution in [0.1, 0.15) is 23.7 Å². The maximum Gasteiger partial charge on any atom is 0.387 e. The van der Waals surface area contributed by atoms with E-state index in [1.54, 1.807) is 6.92 Å². The first-order valence-corrected chi connectivity index (χ1v) is 4.70. The molecule has 1 aromatic carbocycles. The van der Waals surface area contributed by atoms with Crippen molar-refractivity contribution in [3.63, 3.8) is 0 Å². The minimum absolute atomic E-state index is 0.0882. The average molecular weight is 235 g/mol. The zero-order valence-electron chi connectivity index (χ0n) is 7.97. The van der Waals surface area contributed by atoms with Crippen molar-refractivity contribution in [2.24, 2.45) is 0 Å². The number of carbonyl (C=O) groups is 1. The Balaban J connectivity index is 3.08. The molecule has 0 saturated carbocycles. The van der Waals surface area contributed by atoms with Gasteiger partial charge in [-0.25, -0.2) is 0 Å². The fourth-order valence-electron chi connectivity index (χ4n) is 1.11. The molecule has 0 unspecified atom stereocenters. The van der Waals surface area contributed by atoms with Gasteiger partial charge in [0, 0.05) is 11.4 Å². The van der Waals surface area contributed by atoms with Gasteiger partial charge in [-0.1, -0.05) is 18.5 Å². The molecule has 2 nitrogen and oxygen atoms in total. The Kier molecular flexibility index (Phi) is 4.03. The summed E-state index contributed by atoms with van der Waals surface area (Å²) in [5.74, 6) is -0.422. The highest BCUT2D eigenvalue weighted by atomic mass is 35.5. The molecule has 0 N–H and O–H groups in total. The van der Waals surface area contributed by atoms with Gasteiger partial charge in [0.25, 0.3) is 0 Å². The average Bonchev–Trinajstić information content (AvgIpc) is 2.19. The van der Waals surface area contributed by atoms with Crippen LogP contribution in [0.4, 0.5) is 8.78 Å². The number of halogens is 3. The van der Waals surface area contributed by atoms with Crippen LogP contribution in [0.25, 0.3) is 0 Å². The minimum Gasteiger partial charge on any atom is -0.434 e. The Hall–Kier alpha value is -1.16. The second-order valence-corrected chi connectivity index (χ2v) is 3.23. The quantitative estimate of drug-likeness (QED) is 0.745. The molecule has 0 saturated heterocycles. The molecular formula is C10H9ClF2O2. The van der Waals surface area contributed by atoms with Gasteiger partial charge in [0.15, 0.2) is 5.78 Å². The standard InChI is InChI=1S/C10H9ClF2O2/c1-2-8(14)7-5-6(11)3-4-9(7)15-10(12)13/h3-5,10H,2H2,1H3. The van der Waals surface area contributed by atoms with E-state index in [0.29, 0.717) is 5.02 Å². The van der Waals surface area contributed by atoms with Gasteiger partial charge in [-0.2, -0.15) is 8.78 Å². The molecule has 0 aromatic heterocycles. The number of hydrogen-bond acceptors (Lipinski definition) is 2. The van der Waals surface area contributed by atoms with Gasteiger partial charge in [-0.3, -0.25) is 4.79 Å². The molecule has 0 fully saturated rings. The van der Waals surface area contributed by atoms with Crippen LogP contribution in [-0.2, 0) is 0 Å². The van der Waals surface area contributed by atoms with Gasteiger partial charge in [0.1, 0.15) is 5.75 Å². The summed E-state index contributed by atoms with van der Waals surface area (Å²) in [6, 6.07) is 3.98. The van der Waals surface area contributed by atoms with Crippen molar-refractivity contribution in [2.45, 2.75) is 20.0 Å². The molecule has 0 spiro atoms. The van der Waals surface area contributed by atoms with Crippen molar-refractivity contribution in [1.82, 2.24) is 0 Å². The van der Waals surface area contributed by atoms with Gasteiger partial charge < -0.3 is 4.74 Å². The largest absolute Gasteiger partial charge is 0.434 e. The van der Waals surface area contributed by atoms with Gasteiger partial charge in [0.2, 0.25) is 0 Å². The molecule has 0 aliphatic rings. The highest BCUT2D eigenvalue weighted by molar-refractivity contribution is 6.31. The minimum atomic E-state index is -2.95. The summed E-state index contributed by atoms with van der Waals surface area (Å²) in [7, 11) is 0. The molecule has 0 aliphatic carbocycles. The number of ketones is 1. The maximum atomic E-state index is 12.0. The normalized spacial score (nSPS) is 10.5. The van der Waals surface area contributed by atoms with Crippen molar-refractivity contribution in [3.8, 4) is 5.75 Å². The molecule has 0 bridgehead atoms. The van der Waals surface area contributed by atoms with Gasteiger partial charge in [0.05, 0.1) is 5.56 Å². The van der Waals surface area contributed by atoms with E-state index >= 15 is 0 Å². The number of alkyl halides is 2. The predicted molar refractivity (Wildman–Crippen MR) is 52.7 cm³/mol. The monoisotopic (exact) mass is 234 g/mol.